The Bertz CT molecular complexity index is 1120. The van der Waals surface area contributed by atoms with Crippen LogP contribution in [0.2, 0.25) is 10.0 Å². The number of benzene rings is 3. The van der Waals surface area contributed by atoms with Crippen LogP contribution in [0.25, 0.3) is 0 Å². The Labute approximate surface area is 194 Å². The molecule has 0 saturated heterocycles. The summed E-state index contributed by atoms with van der Waals surface area (Å²) in [5, 5.41) is 7.28. The van der Waals surface area contributed by atoms with Gasteiger partial charge in [-0.2, -0.15) is 5.10 Å². The summed E-state index contributed by atoms with van der Waals surface area (Å²) in [4.78, 5) is 23.8. The Hall–Kier alpha value is -3.55. The number of rotatable bonds is 7. The van der Waals surface area contributed by atoms with Crippen LogP contribution in [0.5, 0.6) is 11.5 Å². The summed E-state index contributed by atoms with van der Waals surface area (Å²) in [5.41, 5.74) is 4.19. The molecular formula is C23H19Cl2N3O4. The predicted molar refractivity (Wildman–Crippen MR) is 125 cm³/mol. The number of hydrazone groups is 1. The number of ether oxygens (including phenoxy) is 2. The van der Waals surface area contributed by atoms with Crippen LogP contribution < -0.4 is 20.2 Å². The molecule has 0 aliphatic rings. The molecule has 0 aliphatic carbocycles. The summed E-state index contributed by atoms with van der Waals surface area (Å²) >= 11 is 12.1. The summed E-state index contributed by atoms with van der Waals surface area (Å²) in [6, 6.07) is 18.9. The Morgan fingerprint density at radius 1 is 0.969 bits per heavy atom. The monoisotopic (exact) mass is 471 g/mol. The van der Waals surface area contributed by atoms with Gasteiger partial charge in [0.05, 0.1) is 18.3 Å². The van der Waals surface area contributed by atoms with Crippen molar-refractivity contribution in [3.63, 3.8) is 0 Å². The quantitative estimate of drug-likeness (QED) is 0.297. The molecule has 164 valence electrons. The van der Waals surface area contributed by atoms with E-state index in [0.717, 1.165) is 5.56 Å². The highest BCUT2D eigenvalue weighted by Crippen LogP contribution is 2.26. The number of amides is 2. The number of nitrogens with one attached hydrogen (secondary N) is 2. The van der Waals surface area contributed by atoms with E-state index in [-0.39, 0.29) is 0 Å². The maximum absolute atomic E-state index is 11.9. The lowest BCUT2D eigenvalue weighted by Gasteiger charge is -2.09. The highest BCUT2D eigenvalue weighted by Gasteiger charge is 2.13. The van der Waals surface area contributed by atoms with Crippen LogP contribution in [0.1, 0.15) is 11.1 Å². The van der Waals surface area contributed by atoms with Gasteiger partial charge in [-0.3, -0.25) is 9.59 Å². The largest absolute Gasteiger partial charge is 0.497 e. The van der Waals surface area contributed by atoms with Gasteiger partial charge in [-0.25, -0.2) is 5.43 Å². The number of anilines is 1. The van der Waals surface area contributed by atoms with Crippen LogP contribution in [0.3, 0.4) is 0 Å². The first kappa shape index (κ1) is 23.1. The SMILES string of the molecule is COc1ccc(NC(=O)C(=O)N/N=C\c2ccc(OCc3ccc(Cl)cc3)c(Cl)c2)cc1. The van der Waals surface area contributed by atoms with Crippen LogP contribution in [0.4, 0.5) is 5.69 Å². The lowest BCUT2D eigenvalue weighted by molar-refractivity contribution is -0.136. The van der Waals surface area contributed by atoms with E-state index >= 15 is 0 Å². The van der Waals surface area contributed by atoms with Crippen molar-refractivity contribution in [3.8, 4) is 11.5 Å². The van der Waals surface area contributed by atoms with Gasteiger partial charge in [-0.05, 0) is 65.7 Å². The molecule has 0 atom stereocenters. The Kier molecular flexibility index (Phi) is 8.08. The van der Waals surface area contributed by atoms with Crippen molar-refractivity contribution in [2.45, 2.75) is 6.61 Å². The molecule has 3 rings (SSSR count). The maximum Gasteiger partial charge on any atom is 0.329 e. The van der Waals surface area contributed by atoms with Gasteiger partial charge in [0, 0.05) is 10.7 Å². The maximum atomic E-state index is 11.9. The molecule has 9 heteroatoms. The van der Waals surface area contributed by atoms with E-state index in [0.29, 0.717) is 39.4 Å². The van der Waals surface area contributed by atoms with Crippen LogP contribution in [0.15, 0.2) is 71.8 Å². The minimum Gasteiger partial charge on any atom is -0.497 e. The van der Waals surface area contributed by atoms with Gasteiger partial charge < -0.3 is 14.8 Å². The predicted octanol–water partition coefficient (Wildman–Crippen LogP) is 4.67. The third-order valence-corrected chi connectivity index (χ3v) is 4.74. The molecule has 0 fully saturated rings. The van der Waals surface area contributed by atoms with E-state index in [2.05, 4.69) is 15.8 Å². The van der Waals surface area contributed by atoms with Crippen LogP contribution in [0, 0.1) is 0 Å². The number of halogens is 2. The average Bonchev–Trinajstić information content (AvgIpc) is 2.80. The summed E-state index contributed by atoms with van der Waals surface area (Å²) in [6.07, 6.45) is 1.37. The van der Waals surface area contributed by atoms with Crippen molar-refractivity contribution < 1.29 is 19.1 Å². The summed E-state index contributed by atoms with van der Waals surface area (Å²) < 4.78 is 10.8. The molecule has 3 aromatic rings. The molecule has 3 aromatic carbocycles. The fourth-order valence-electron chi connectivity index (χ4n) is 2.53. The normalized spacial score (nSPS) is 10.6. The van der Waals surface area contributed by atoms with Gasteiger partial charge >= 0.3 is 11.8 Å². The fraction of sp³-hybridized carbons (Fsp3) is 0.0870. The minimum atomic E-state index is -0.911. The van der Waals surface area contributed by atoms with Crippen molar-refractivity contribution in [2.24, 2.45) is 5.10 Å². The third kappa shape index (κ3) is 6.73. The number of methoxy groups -OCH3 is 1. The summed E-state index contributed by atoms with van der Waals surface area (Å²) in [5.74, 6) is -0.624. The average molecular weight is 472 g/mol. The van der Waals surface area contributed by atoms with Crippen molar-refractivity contribution in [3.05, 3.63) is 87.9 Å². The Morgan fingerprint density at radius 2 is 1.69 bits per heavy atom. The number of carbonyl (C=O) groups is 2. The minimum absolute atomic E-state index is 0.337. The lowest BCUT2D eigenvalue weighted by atomic mass is 10.2. The van der Waals surface area contributed by atoms with E-state index in [1.807, 2.05) is 12.1 Å². The Balaban J connectivity index is 1.50. The molecule has 2 N–H and O–H groups in total. The van der Waals surface area contributed by atoms with Gasteiger partial charge in [-0.1, -0.05) is 35.3 Å². The molecule has 0 saturated carbocycles. The molecule has 0 spiro atoms. The first-order valence-corrected chi connectivity index (χ1v) is 10.2. The van der Waals surface area contributed by atoms with Gasteiger partial charge in [0.15, 0.2) is 0 Å². The molecule has 2 amide bonds. The number of nitrogens with zero attached hydrogens (tertiary/aromatic N) is 1. The molecule has 0 bridgehead atoms. The van der Waals surface area contributed by atoms with Crippen LogP contribution in [-0.4, -0.2) is 25.1 Å². The van der Waals surface area contributed by atoms with E-state index in [9.17, 15) is 9.59 Å². The zero-order chi connectivity index (χ0) is 22.9. The molecule has 0 aromatic heterocycles. The van der Waals surface area contributed by atoms with E-state index in [4.69, 9.17) is 32.7 Å². The zero-order valence-corrected chi connectivity index (χ0v) is 18.5. The topological polar surface area (TPSA) is 89.0 Å². The van der Waals surface area contributed by atoms with Crippen molar-refractivity contribution in [2.75, 3.05) is 12.4 Å². The molecule has 0 aliphatic heterocycles. The second kappa shape index (κ2) is 11.2. The van der Waals surface area contributed by atoms with Gasteiger partial charge in [0.1, 0.15) is 18.1 Å². The van der Waals surface area contributed by atoms with Gasteiger partial charge in [0.25, 0.3) is 0 Å². The van der Waals surface area contributed by atoms with Gasteiger partial charge in [-0.15, -0.1) is 0 Å². The zero-order valence-electron chi connectivity index (χ0n) is 17.0. The number of hydrogen-bond donors (Lipinski definition) is 2. The van der Waals surface area contributed by atoms with Crippen molar-refractivity contribution in [1.29, 1.82) is 0 Å². The van der Waals surface area contributed by atoms with E-state index in [1.165, 1.54) is 13.3 Å². The van der Waals surface area contributed by atoms with Crippen LogP contribution in [-0.2, 0) is 16.2 Å². The van der Waals surface area contributed by atoms with Crippen LogP contribution >= 0.6 is 23.2 Å². The first-order valence-electron chi connectivity index (χ1n) is 9.40. The second-order valence-electron chi connectivity index (χ2n) is 6.49. The summed E-state index contributed by atoms with van der Waals surface area (Å²) in [6.45, 7) is 0.337. The van der Waals surface area contributed by atoms with Crippen molar-refractivity contribution in [1.82, 2.24) is 5.43 Å². The van der Waals surface area contributed by atoms with E-state index < -0.39 is 11.8 Å². The second-order valence-corrected chi connectivity index (χ2v) is 7.33. The highest BCUT2D eigenvalue weighted by molar-refractivity contribution is 6.39. The standard InChI is InChI=1S/C23H19Cl2N3O4/c1-31-19-9-7-18(8-10-19)27-22(29)23(30)28-26-13-16-4-11-21(20(25)12-16)32-14-15-2-5-17(24)6-3-15/h2-13H,14H2,1H3,(H,27,29)(H,28,30)/b26-13-. The smallest absolute Gasteiger partial charge is 0.329 e. The molecular weight excluding hydrogens is 453 g/mol. The fourth-order valence-corrected chi connectivity index (χ4v) is 2.90. The molecule has 7 nitrogen and oxygen atoms in total. The number of hydrogen-bond acceptors (Lipinski definition) is 5. The number of carbonyl (C=O) groups excluding carboxylic acids is 2. The molecule has 0 unspecified atom stereocenters. The lowest BCUT2D eigenvalue weighted by Crippen LogP contribution is -2.32. The van der Waals surface area contributed by atoms with Gasteiger partial charge in [0.2, 0.25) is 0 Å². The third-order valence-electron chi connectivity index (χ3n) is 4.20. The highest BCUT2D eigenvalue weighted by atomic mass is 35.5. The molecule has 32 heavy (non-hydrogen) atoms. The van der Waals surface area contributed by atoms with E-state index in [1.54, 1.807) is 54.6 Å². The molecule has 0 heterocycles. The Morgan fingerprint density at radius 3 is 2.34 bits per heavy atom. The first-order chi connectivity index (χ1) is 15.4. The van der Waals surface area contributed by atoms with Crippen molar-refractivity contribution >= 4 is 46.9 Å². The summed E-state index contributed by atoms with van der Waals surface area (Å²) in [7, 11) is 1.54. The molecule has 0 radical (unpaired) electrons.